The molecule has 0 bridgehead atoms. The number of hydrogen-bond acceptors (Lipinski definition) is 1. The van der Waals surface area contributed by atoms with Crippen molar-refractivity contribution >= 4 is 5.57 Å². The Morgan fingerprint density at radius 1 is 1.05 bits per heavy atom. The third-order valence-electron chi connectivity index (χ3n) is 11.9. The molecule has 0 radical (unpaired) electrons. The highest BCUT2D eigenvalue weighted by Crippen LogP contribution is 2.72. The number of allylic oxidation sites excluding steroid dienone is 6. The van der Waals surface area contributed by atoms with Gasteiger partial charge in [0.25, 0.3) is 0 Å². The summed E-state index contributed by atoms with van der Waals surface area (Å²) < 4.78 is 0. The predicted molar refractivity (Wildman–Crippen MR) is 159 cm³/mol. The van der Waals surface area contributed by atoms with Crippen LogP contribution >= 0.6 is 0 Å². The maximum atomic E-state index is 12.5. The minimum absolute atomic E-state index is 0.189. The quantitative estimate of drug-likeness (QED) is 0.442. The predicted octanol–water partition coefficient (Wildman–Crippen LogP) is 9.42. The van der Waals surface area contributed by atoms with E-state index in [9.17, 15) is 5.11 Å². The lowest BCUT2D eigenvalue weighted by Crippen LogP contribution is -2.62. The van der Waals surface area contributed by atoms with Gasteiger partial charge in [-0.2, -0.15) is 0 Å². The van der Waals surface area contributed by atoms with Crippen molar-refractivity contribution in [1.29, 1.82) is 0 Å². The number of fused-ring (bicyclic) bond motifs is 3. The molecule has 0 aliphatic heterocycles. The Balaban J connectivity index is 1.74. The van der Waals surface area contributed by atoms with Gasteiger partial charge in [-0.05, 0) is 96.9 Å². The fourth-order valence-corrected chi connectivity index (χ4v) is 9.50. The van der Waals surface area contributed by atoms with Gasteiger partial charge in [0.05, 0.1) is 6.10 Å². The highest BCUT2D eigenvalue weighted by Gasteiger charge is 2.66. The van der Waals surface area contributed by atoms with Crippen LogP contribution in [0.3, 0.4) is 0 Å². The van der Waals surface area contributed by atoms with Gasteiger partial charge in [-0.15, -0.1) is 0 Å². The normalized spacial score (nSPS) is 36.0. The van der Waals surface area contributed by atoms with E-state index in [0.717, 1.165) is 29.1 Å². The molecule has 1 aromatic carbocycles. The number of aliphatic hydroxyl groups is 1. The van der Waals surface area contributed by atoms with Crippen molar-refractivity contribution in [1.82, 2.24) is 0 Å². The molecule has 4 aliphatic carbocycles. The molecule has 0 unspecified atom stereocenters. The summed E-state index contributed by atoms with van der Waals surface area (Å²) in [5.74, 6) is 1.00. The molecule has 1 aromatic rings. The van der Waals surface area contributed by atoms with E-state index in [4.69, 9.17) is 13.2 Å². The maximum absolute atomic E-state index is 12.5. The molecule has 0 aromatic heterocycles. The van der Waals surface area contributed by atoms with Crippen LogP contribution in [-0.4, -0.2) is 11.2 Å². The number of aliphatic hydroxyl groups excluding tert-OH is 1. The van der Waals surface area contributed by atoms with Crippen molar-refractivity contribution in [2.45, 2.75) is 106 Å². The summed E-state index contributed by atoms with van der Waals surface area (Å²) in [6, 6.07) is 4.75. The van der Waals surface area contributed by atoms with Crippen molar-refractivity contribution in [3.8, 4) is 0 Å². The zero-order chi connectivity index (χ0) is 27.2. The maximum Gasteiger partial charge on any atom is 0.0708 e. The van der Waals surface area contributed by atoms with E-state index in [1.165, 1.54) is 76.7 Å². The standard InChI is InChI=1S/C36H48O/c1-20(2)30-21(3)19-34(9)33(37)35(10)24(6)29-17-16-28(18-27-14-12-13-15-27)22(4)31(29)23(5)32(35)26(8)36(34,11)25(30)7/h16-17,24,27,33,37H,1,5,7,12-15,18-19H2,2-4,6,8-11H3/t24-,33+,34+,35+,36-/m1/s1. The summed E-state index contributed by atoms with van der Waals surface area (Å²) in [5, 5.41) is 12.5. The van der Waals surface area contributed by atoms with Crippen LogP contribution in [0.15, 0.2) is 65.3 Å². The molecule has 1 nitrogen and oxygen atoms in total. The molecule has 198 valence electrons. The van der Waals surface area contributed by atoms with Crippen molar-refractivity contribution in [2.24, 2.45) is 22.2 Å². The van der Waals surface area contributed by atoms with Gasteiger partial charge in [0, 0.05) is 16.2 Å². The van der Waals surface area contributed by atoms with E-state index in [1.54, 1.807) is 0 Å². The highest BCUT2D eigenvalue weighted by atomic mass is 16.3. The zero-order valence-electron chi connectivity index (χ0n) is 24.7. The minimum Gasteiger partial charge on any atom is -0.392 e. The molecule has 37 heavy (non-hydrogen) atoms. The summed E-state index contributed by atoms with van der Waals surface area (Å²) in [6.45, 7) is 32.0. The Bertz CT molecular complexity index is 1290. The lowest BCUT2D eigenvalue weighted by Gasteiger charge is -2.65. The van der Waals surface area contributed by atoms with Crippen LogP contribution in [0.25, 0.3) is 5.57 Å². The summed E-state index contributed by atoms with van der Waals surface area (Å²) in [4.78, 5) is 0. The van der Waals surface area contributed by atoms with Gasteiger partial charge in [-0.3, -0.25) is 0 Å². The van der Waals surface area contributed by atoms with Gasteiger partial charge in [0.1, 0.15) is 0 Å². The van der Waals surface area contributed by atoms with Crippen molar-refractivity contribution in [3.63, 3.8) is 0 Å². The van der Waals surface area contributed by atoms with Crippen molar-refractivity contribution in [3.05, 3.63) is 87.6 Å². The molecule has 4 aliphatic rings. The van der Waals surface area contributed by atoms with E-state index in [0.29, 0.717) is 0 Å². The summed E-state index contributed by atoms with van der Waals surface area (Å²) in [6.07, 6.45) is 6.97. The molecule has 0 spiro atoms. The Kier molecular flexibility index (Phi) is 6.04. The Labute approximate surface area is 226 Å². The van der Waals surface area contributed by atoms with Crippen LogP contribution < -0.4 is 0 Å². The lowest BCUT2D eigenvalue weighted by atomic mass is 9.39. The Hall–Kier alpha value is -2.12. The van der Waals surface area contributed by atoms with E-state index in [2.05, 4.69) is 74.1 Å². The first-order valence-electron chi connectivity index (χ1n) is 14.5. The molecule has 1 fully saturated rings. The topological polar surface area (TPSA) is 20.2 Å². The van der Waals surface area contributed by atoms with Crippen LogP contribution in [0.4, 0.5) is 0 Å². The van der Waals surface area contributed by atoms with Gasteiger partial charge < -0.3 is 5.11 Å². The first-order chi connectivity index (χ1) is 17.2. The van der Waals surface area contributed by atoms with Gasteiger partial charge in [-0.25, -0.2) is 0 Å². The van der Waals surface area contributed by atoms with Crippen molar-refractivity contribution in [2.75, 3.05) is 0 Å². The summed E-state index contributed by atoms with van der Waals surface area (Å²) in [5.41, 5.74) is 12.8. The second-order valence-corrected chi connectivity index (χ2v) is 13.7. The van der Waals surface area contributed by atoms with Crippen molar-refractivity contribution < 1.29 is 5.11 Å². The van der Waals surface area contributed by atoms with E-state index < -0.39 is 11.5 Å². The first kappa shape index (κ1) is 26.5. The van der Waals surface area contributed by atoms with Crippen LogP contribution in [0.5, 0.6) is 0 Å². The van der Waals surface area contributed by atoms with E-state index in [1.807, 2.05) is 0 Å². The largest absolute Gasteiger partial charge is 0.392 e. The third kappa shape index (κ3) is 3.19. The third-order valence-corrected chi connectivity index (χ3v) is 11.9. The molecule has 1 N–H and O–H groups in total. The SMILES string of the molecule is C=C(C)C1=C(C)C[C@@]2(C)[C@H](O)[C@]3(C)C(=C(C)[C@@]2(C)C1=C)C(=C)c1c(ccc(CC2CCCC2)c1C)[C@H]3C. The average molecular weight is 497 g/mol. The second kappa shape index (κ2) is 8.44. The summed E-state index contributed by atoms with van der Waals surface area (Å²) >= 11 is 0. The Morgan fingerprint density at radius 2 is 1.68 bits per heavy atom. The highest BCUT2D eigenvalue weighted by molar-refractivity contribution is 5.88. The van der Waals surface area contributed by atoms with Gasteiger partial charge in [0.2, 0.25) is 0 Å². The Morgan fingerprint density at radius 3 is 2.27 bits per heavy atom. The fraction of sp³-hybridized carbons (Fsp3) is 0.556. The molecule has 0 heterocycles. The molecular weight excluding hydrogens is 448 g/mol. The molecule has 1 heteroatoms. The van der Waals surface area contributed by atoms with Gasteiger partial charge in [0.15, 0.2) is 0 Å². The second-order valence-electron chi connectivity index (χ2n) is 13.7. The molecule has 5 rings (SSSR count). The van der Waals surface area contributed by atoms with Crippen LogP contribution in [0.1, 0.15) is 109 Å². The molecule has 0 saturated heterocycles. The minimum atomic E-state index is -0.527. The molecule has 5 atom stereocenters. The fourth-order valence-electron chi connectivity index (χ4n) is 9.50. The van der Waals surface area contributed by atoms with Crippen LogP contribution in [0.2, 0.25) is 0 Å². The van der Waals surface area contributed by atoms with Gasteiger partial charge in [-0.1, -0.05) is 102 Å². The molecule has 0 amide bonds. The zero-order valence-corrected chi connectivity index (χ0v) is 24.7. The van der Waals surface area contributed by atoms with Crippen LogP contribution in [-0.2, 0) is 6.42 Å². The lowest BCUT2D eigenvalue weighted by molar-refractivity contribution is -0.107. The first-order valence-corrected chi connectivity index (χ1v) is 14.5. The van der Waals surface area contributed by atoms with E-state index >= 15 is 0 Å². The molecule has 1 saturated carbocycles. The summed E-state index contributed by atoms with van der Waals surface area (Å²) in [7, 11) is 0. The smallest absolute Gasteiger partial charge is 0.0708 e. The monoisotopic (exact) mass is 496 g/mol. The van der Waals surface area contributed by atoms with Crippen LogP contribution in [0, 0.1) is 29.1 Å². The van der Waals surface area contributed by atoms with E-state index in [-0.39, 0.29) is 16.7 Å². The number of hydrogen-bond donors (Lipinski definition) is 1. The molecular formula is C36H48O. The average Bonchev–Trinajstić information content (AvgIpc) is 3.34. The van der Waals surface area contributed by atoms with Gasteiger partial charge >= 0.3 is 0 Å². The number of benzene rings is 1. The number of rotatable bonds is 3.